The maximum atomic E-state index is 12.2. The van der Waals surface area contributed by atoms with Gasteiger partial charge in [-0.15, -0.1) is 11.3 Å². The van der Waals surface area contributed by atoms with Gasteiger partial charge in [0.05, 0.1) is 12.3 Å². The number of amides is 1. The second kappa shape index (κ2) is 10.4. The molecular weight excluding hydrogens is 427 g/mol. The van der Waals surface area contributed by atoms with E-state index in [1.54, 1.807) is 24.3 Å². The molecule has 4 nitrogen and oxygen atoms in total. The number of unbranched alkanes of at least 4 members (excludes halogenated alkanes) is 1. The summed E-state index contributed by atoms with van der Waals surface area (Å²) < 4.78 is 5.67. The van der Waals surface area contributed by atoms with Gasteiger partial charge in [-0.3, -0.25) is 10.1 Å². The Bertz CT molecular complexity index is 1000. The highest BCUT2D eigenvalue weighted by atomic mass is 35.5. The van der Waals surface area contributed by atoms with E-state index in [9.17, 15) is 4.79 Å². The summed E-state index contributed by atoms with van der Waals surface area (Å²) in [5, 5.41) is 6.23. The molecule has 0 saturated carbocycles. The van der Waals surface area contributed by atoms with Crippen LogP contribution in [0, 0.1) is 0 Å². The van der Waals surface area contributed by atoms with Crippen LogP contribution in [-0.4, -0.2) is 17.5 Å². The Labute approximate surface area is 184 Å². The van der Waals surface area contributed by atoms with Gasteiger partial charge in [0, 0.05) is 27.1 Å². The lowest BCUT2D eigenvalue weighted by atomic mass is 10.2. The van der Waals surface area contributed by atoms with Gasteiger partial charge >= 0.3 is 0 Å². The van der Waals surface area contributed by atoms with Gasteiger partial charge in [-0.25, -0.2) is 4.98 Å². The van der Waals surface area contributed by atoms with Crippen LogP contribution in [0.3, 0.4) is 0 Å². The number of carbonyl (C=O) groups is 1. The lowest BCUT2D eigenvalue weighted by Gasteiger charge is -2.05. The van der Waals surface area contributed by atoms with Crippen molar-refractivity contribution in [2.24, 2.45) is 0 Å². The van der Waals surface area contributed by atoms with Crippen molar-refractivity contribution in [1.29, 1.82) is 0 Å². The molecule has 2 aromatic carbocycles. The summed E-state index contributed by atoms with van der Waals surface area (Å²) in [4.78, 5) is 16.6. The molecule has 0 atom stereocenters. The number of ether oxygens (including phenoxy) is 1. The summed E-state index contributed by atoms with van der Waals surface area (Å²) in [5.74, 6) is 0.563. The number of hydrogen-bond donors (Lipinski definition) is 1. The summed E-state index contributed by atoms with van der Waals surface area (Å²) in [5.41, 5.74) is 2.48. The van der Waals surface area contributed by atoms with E-state index in [4.69, 9.17) is 27.9 Å². The molecule has 0 radical (unpaired) electrons. The summed E-state index contributed by atoms with van der Waals surface area (Å²) in [7, 11) is 0. The molecule has 1 N–H and O–H groups in total. The predicted molar refractivity (Wildman–Crippen MR) is 122 cm³/mol. The first-order valence-electron chi connectivity index (χ1n) is 9.18. The van der Waals surface area contributed by atoms with Crippen molar-refractivity contribution in [3.8, 4) is 17.0 Å². The Hall–Kier alpha value is -2.34. The molecule has 0 bridgehead atoms. The third-order valence-electron chi connectivity index (χ3n) is 4.03. The highest BCUT2D eigenvalue weighted by Crippen LogP contribution is 2.27. The zero-order valence-electron chi connectivity index (χ0n) is 15.8. The summed E-state index contributed by atoms with van der Waals surface area (Å²) in [6.07, 6.45) is 5.20. The first kappa shape index (κ1) is 21.4. The van der Waals surface area contributed by atoms with Crippen LogP contribution in [0.2, 0.25) is 10.0 Å². The van der Waals surface area contributed by atoms with Crippen molar-refractivity contribution < 1.29 is 9.53 Å². The molecule has 0 aliphatic rings. The van der Waals surface area contributed by atoms with Crippen LogP contribution in [0.5, 0.6) is 5.75 Å². The lowest BCUT2D eigenvalue weighted by Crippen LogP contribution is -2.07. The van der Waals surface area contributed by atoms with Crippen LogP contribution in [0.25, 0.3) is 17.3 Å². The van der Waals surface area contributed by atoms with Crippen LogP contribution in [0.1, 0.15) is 25.3 Å². The molecular formula is C22H20Cl2N2O2S. The van der Waals surface area contributed by atoms with E-state index in [0.717, 1.165) is 36.5 Å². The molecule has 1 heterocycles. The minimum absolute atomic E-state index is 0.281. The number of hydrogen-bond acceptors (Lipinski definition) is 4. The van der Waals surface area contributed by atoms with Crippen LogP contribution < -0.4 is 10.1 Å². The first-order valence-corrected chi connectivity index (χ1v) is 10.8. The van der Waals surface area contributed by atoms with Crippen LogP contribution in [-0.2, 0) is 4.79 Å². The molecule has 29 heavy (non-hydrogen) atoms. The number of rotatable bonds is 8. The van der Waals surface area contributed by atoms with Gasteiger partial charge in [-0.2, -0.15) is 0 Å². The largest absolute Gasteiger partial charge is 0.494 e. The number of benzene rings is 2. The Morgan fingerprint density at radius 3 is 2.72 bits per heavy atom. The SMILES string of the molecule is CCCCOc1ccc(-c2csc(NC(=O)/C=C/c3ccc(Cl)cc3Cl)n2)cc1. The maximum absolute atomic E-state index is 12.2. The summed E-state index contributed by atoms with van der Waals surface area (Å²) in [6.45, 7) is 2.85. The average Bonchev–Trinajstić information content (AvgIpc) is 3.16. The molecule has 7 heteroatoms. The first-order chi connectivity index (χ1) is 14.0. The topological polar surface area (TPSA) is 51.2 Å². The lowest BCUT2D eigenvalue weighted by molar-refractivity contribution is -0.111. The standard InChI is InChI=1S/C22H20Cl2N2O2S/c1-2-3-12-28-18-9-5-16(6-10-18)20-14-29-22(25-20)26-21(27)11-7-15-4-8-17(23)13-19(15)24/h4-11,13-14H,2-3,12H2,1H3,(H,25,26,27)/b11-7+. The van der Waals surface area contributed by atoms with Gasteiger partial charge in [0.15, 0.2) is 5.13 Å². The van der Waals surface area contributed by atoms with Crippen molar-refractivity contribution in [2.75, 3.05) is 11.9 Å². The smallest absolute Gasteiger partial charge is 0.250 e. The molecule has 0 fully saturated rings. The van der Waals surface area contributed by atoms with E-state index in [1.165, 1.54) is 17.4 Å². The number of halogens is 2. The van der Waals surface area contributed by atoms with Crippen molar-refractivity contribution in [2.45, 2.75) is 19.8 Å². The van der Waals surface area contributed by atoms with Gasteiger partial charge < -0.3 is 4.74 Å². The van der Waals surface area contributed by atoms with E-state index in [0.29, 0.717) is 20.7 Å². The average molecular weight is 447 g/mol. The van der Waals surface area contributed by atoms with Gasteiger partial charge in [0.1, 0.15) is 5.75 Å². The monoisotopic (exact) mass is 446 g/mol. The van der Waals surface area contributed by atoms with E-state index in [1.807, 2.05) is 29.6 Å². The van der Waals surface area contributed by atoms with Crippen molar-refractivity contribution >= 4 is 51.7 Å². The van der Waals surface area contributed by atoms with Gasteiger partial charge in [-0.1, -0.05) is 42.6 Å². The number of anilines is 1. The van der Waals surface area contributed by atoms with Crippen molar-refractivity contribution in [1.82, 2.24) is 4.98 Å². The second-order valence-electron chi connectivity index (χ2n) is 6.25. The quantitative estimate of drug-likeness (QED) is 0.300. The molecule has 1 aromatic heterocycles. The molecule has 0 aliphatic heterocycles. The van der Waals surface area contributed by atoms with Gasteiger partial charge in [0.25, 0.3) is 0 Å². The summed E-state index contributed by atoms with van der Waals surface area (Å²) in [6, 6.07) is 12.9. The zero-order chi connectivity index (χ0) is 20.6. The molecule has 0 saturated heterocycles. The highest BCUT2D eigenvalue weighted by molar-refractivity contribution is 7.14. The minimum Gasteiger partial charge on any atom is -0.494 e. The third kappa shape index (κ3) is 6.32. The number of carbonyl (C=O) groups excluding carboxylic acids is 1. The Morgan fingerprint density at radius 1 is 1.21 bits per heavy atom. The molecule has 0 aliphatic carbocycles. The van der Waals surface area contributed by atoms with Crippen LogP contribution >= 0.6 is 34.5 Å². The van der Waals surface area contributed by atoms with Crippen LogP contribution in [0.15, 0.2) is 53.9 Å². The van der Waals surface area contributed by atoms with Crippen LogP contribution in [0.4, 0.5) is 5.13 Å². The Morgan fingerprint density at radius 2 is 2.00 bits per heavy atom. The second-order valence-corrected chi connectivity index (χ2v) is 7.95. The summed E-state index contributed by atoms with van der Waals surface area (Å²) >= 11 is 13.3. The fourth-order valence-corrected chi connectivity index (χ4v) is 3.66. The molecule has 150 valence electrons. The fraction of sp³-hybridized carbons (Fsp3) is 0.182. The van der Waals surface area contributed by atoms with E-state index in [-0.39, 0.29) is 5.91 Å². The molecule has 1 amide bonds. The van der Waals surface area contributed by atoms with E-state index < -0.39 is 0 Å². The van der Waals surface area contributed by atoms with Gasteiger partial charge in [0.2, 0.25) is 5.91 Å². The number of nitrogens with one attached hydrogen (secondary N) is 1. The number of aromatic nitrogens is 1. The minimum atomic E-state index is -0.281. The third-order valence-corrected chi connectivity index (χ3v) is 5.35. The molecule has 3 aromatic rings. The molecule has 0 spiro atoms. The Balaban J connectivity index is 1.59. The number of nitrogens with zero attached hydrogens (tertiary/aromatic N) is 1. The highest BCUT2D eigenvalue weighted by Gasteiger charge is 2.07. The van der Waals surface area contributed by atoms with Crippen molar-refractivity contribution in [3.63, 3.8) is 0 Å². The predicted octanol–water partition coefficient (Wildman–Crippen LogP) is 6.95. The normalized spacial score (nSPS) is 11.0. The molecule has 3 rings (SSSR count). The maximum Gasteiger partial charge on any atom is 0.250 e. The van der Waals surface area contributed by atoms with E-state index >= 15 is 0 Å². The molecule has 0 unspecified atom stereocenters. The van der Waals surface area contributed by atoms with Crippen molar-refractivity contribution in [3.05, 3.63) is 69.5 Å². The van der Waals surface area contributed by atoms with E-state index in [2.05, 4.69) is 17.2 Å². The van der Waals surface area contributed by atoms with Gasteiger partial charge in [-0.05, 0) is 54.5 Å². The zero-order valence-corrected chi connectivity index (χ0v) is 18.2. The number of thiazole rings is 1. The fourth-order valence-electron chi connectivity index (χ4n) is 2.47. The Kier molecular flexibility index (Phi) is 7.69.